The van der Waals surface area contributed by atoms with Crippen molar-refractivity contribution >= 4 is 28.5 Å². The number of phenols is 1. The van der Waals surface area contributed by atoms with E-state index in [1.165, 1.54) is 12.0 Å². The Balaban J connectivity index is 1.94. The van der Waals surface area contributed by atoms with Crippen LogP contribution in [0, 0.1) is 0 Å². The Morgan fingerprint density at radius 3 is 3.00 bits per heavy atom. The minimum atomic E-state index is -0.299. The van der Waals surface area contributed by atoms with Crippen LogP contribution in [-0.4, -0.2) is 31.0 Å². The molecule has 1 aliphatic carbocycles. The Morgan fingerprint density at radius 1 is 1.42 bits per heavy atom. The van der Waals surface area contributed by atoms with Gasteiger partial charge in [-0.15, -0.1) is 11.3 Å². The van der Waals surface area contributed by atoms with Gasteiger partial charge in [0.2, 0.25) is 0 Å². The van der Waals surface area contributed by atoms with Crippen molar-refractivity contribution in [3.63, 3.8) is 0 Å². The summed E-state index contributed by atoms with van der Waals surface area (Å²) in [5, 5.41) is 10.3. The SMILES string of the molecule is CCOC(=O)c1c(N=Cc2ccc(O)c(OC)c2)sc2c1CCC2. The van der Waals surface area contributed by atoms with Gasteiger partial charge in [0.25, 0.3) is 0 Å². The molecule has 2 aromatic rings. The molecule has 0 fully saturated rings. The number of aliphatic imine (C=N–C) groups is 1. The van der Waals surface area contributed by atoms with Crippen molar-refractivity contribution < 1.29 is 19.4 Å². The zero-order chi connectivity index (χ0) is 17.1. The number of benzene rings is 1. The minimum Gasteiger partial charge on any atom is -0.504 e. The average Bonchev–Trinajstić information content (AvgIpc) is 3.14. The standard InChI is InChI=1S/C18H19NO4S/c1-3-23-18(21)16-12-5-4-6-15(12)24-17(16)19-10-11-7-8-13(20)14(9-11)22-2/h7-10,20H,3-6H2,1-2H3. The number of phenolic OH excluding ortho intramolecular Hbond substituents is 1. The number of thiophene rings is 1. The highest BCUT2D eigenvalue weighted by molar-refractivity contribution is 7.16. The topological polar surface area (TPSA) is 68.1 Å². The molecule has 0 bridgehead atoms. The van der Waals surface area contributed by atoms with Crippen LogP contribution in [0.4, 0.5) is 5.00 Å². The predicted molar refractivity (Wildman–Crippen MR) is 94.2 cm³/mol. The highest BCUT2D eigenvalue weighted by Crippen LogP contribution is 2.41. The van der Waals surface area contributed by atoms with Gasteiger partial charge >= 0.3 is 5.97 Å². The molecule has 5 nitrogen and oxygen atoms in total. The minimum absolute atomic E-state index is 0.0805. The van der Waals surface area contributed by atoms with Crippen molar-refractivity contribution in [1.82, 2.24) is 0 Å². The van der Waals surface area contributed by atoms with Gasteiger partial charge in [-0.1, -0.05) is 0 Å². The first kappa shape index (κ1) is 16.5. The van der Waals surface area contributed by atoms with Crippen LogP contribution >= 0.6 is 11.3 Å². The quantitative estimate of drug-likeness (QED) is 0.660. The number of hydrogen-bond acceptors (Lipinski definition) is 6. The van der Waals surface area contributed by atoms with E-state index in [0.717, 1.165) is 30.4 Å². The number of methoxy groups -OCH3 is 1. The Bertz CT molecular complexity index is 795. The lowest BCUT2D eigenvalue weighted by Crippen LogP contribution is -2.06. The van der Waals surface area contributed by atoms with E-state index in [-0.39, 0.29) is 11.7 Å². The van der Waals surface area contributed by atoms with E-state index in [9.17, 15) is 9.90 Å². The van der Waals surface area contributed by atoms with E-state index in [1.54, 1.807) is 42.7 Å². The Labute approximate surface area is 144 Å². The summed E-state index contributed by atoms with van der Waals surface area (Å²) >= 11 is 1.56. The highest BCUT2D eigenvalue weighted by Gasteiger charge is 2.27. The van der Waals surface area contributed by atoms with Crippen molar-refractivity contribution in [3.05, 3.63) is 39.8 Å². The van der Waals surface area contributed by atoms with Crippen LogP contribution in [-0.2, 0) is 17.6 Å². The predicted octanol–water partition coefficient (Wildman–Crippen LogP) is 3.88. The number of fused-ring (bicyclic) bond motifs is 1. The summed E-state index contributed by atoms with van der Waals surface area (Å²) in [7, 11) is 1.50. The lowest BCUT2D eigenvalue weighted by Gasteiger charge is -2.04. The van der Waals surface area contributed by atoms with E-state index in [0.29, 0.717) is 22.9 Å². The maximum absolute atomic E-state index is 12.3. The summed E-state index contributed by atoms with van der Waals surface area (Å²) in [4.78, 5) is 18.0. The van der Waals surface area contributed by atoms with Crippen LogP contribution in [0.3, 0.4) is 0 Å². The molecular weight excluding hydrogens is 326 g/mol. The maximum Gasteiger partial charge on any atom is 0.341 e. The summed E-state index contributed by atoms with van der Waals surface area (Å²) in [5.41, 5.74) is 2.48. The molecule has 0 unspecified atom stereocenters. The molecule has 0 radical (unpaired) electrons. The molecule has 1 heterocycles. The number of carbonyl (C=O) groups is 1. The third-order valence-electron chi connectivity index (χ3n) is 3.92. The first-order valence-corrected chi connectivity index (χ1v) is 8.68. The second-order valence-corrected chi connectivity index (χ2v) is 6.53. The fourth-order valence-electron chi connectivity index (χ4n) is 2.80. The molecule has 6 heteroatoms. The molecule has 126 valence electrons. The van der Waals surface area contributed by atoms with Gasteiger partial charge < -0.3 is 14.6 Å². The zero-order valence-corrected chi connectivity index (χ0v) is 14.5. The van der Waals surface area contributed by atoms with Crippen LogP contribution < -0.4 is 4.74 Å². The van der Waals surface area contributed by atoms with Gasteiger partial charge in [0.15, 0.2) is 11.5 Å². The maximum atomic E-state index is 12.3. The second-order valence-electron chi connectivity index (χ2n) is 5.45. The lowest BCUT2D eigenvalue weighted by molar-refractivity contribution is 0.0527. The van der Waals surface area contributed by atoms with Gasteiger partial charge in [-0.2, -0.15) is 0 Å². The Kier molecular flexibility index (Phi) is 4.85. The molecule has 1 aromatic carbocycles. The monoisotopic (exact) mass is 345 g/mol. The second kappa shape index (κ2) is 7.05. The van der Waals surface area contributed by atoms with E-state index in [4.69, 9.17) is 9.47 Å². The Morgan fingerprint density at radius 2 is 2.25 bits per heavy atom. The number of aromatic hydroxyl groups is 1. The smallest absolute Gasteiger partial charge is 0.341 e. The fraction of sp³-hybridized carbons (Fsp3) is 0.333. The molecule has 0 aliphatic heterocycles. The average molecular weight is 345 g/mol. The number of nitrogens with zero attached hydrogens (tertiary/aromatic N) is 1. The van der Waals surface area contributed by atoms with E-state index in [1.807, 2.05) is 0 Å². The van der Waals surface area contributed by atoms with Gasteiger partial charge in [-0.25, -0.2) is 9.79 Å². The van der Waals surface area contributed by atoms with Crippen molar-refractivity contribution in [2.75, 3.05) is 13.7 Å². The first-order valence-electron chi connectivity index (χ1n) is 7.86. The summed E-state index contributed by atoms with van der Waals surface area (Å²) in [6, 6.07) is 5.00. The van der Waals surface area contributed by atoms with Gasteiger partial charge in [-0.3, -0.25) is 0 Å². The third-order valence-corrected chi connectivity index (χ3v) is 5.12. The van der Waals surface area contributed by atoms with Gasteiger partial charge in [0.05, 0.1) is 19.3 Å². The number of aryl methyl sites for hydroxylation is 1. The highest BCUT2D eigenvalue weighted by atomic mass is 32.1. The number of ether oxygens (including phenoxy) is 2. The number of hydrogen-bond donors (Lipinski definition) is 1. The summed E-state index contributed by atoms with van der Waals surface area (Å²) in [6.45, 7) is 2.15. The van der Waals surface area contributed by atoms with E-state index >= 15 is 0 Å². The molecule has 1 aromatic heterocycles. The summed E-state index contributed by atoms with van der Waals surface area (Å²) < 4.78 is 10.3. The summed E-state index contributed by atoms with van der Waals surface area (Å²) in [6.07, 6.45) is 4.65. The van der Waals surface area contributed by atoms with Gasteiger partial charge in [-0.05, 0) is 55.5 Å². The largest absolute Gasteiger partial charge is 0.504 e. The normalized spacial score (nSPS) is 13.2. The van der Waals surface area contributed by atoms with Crippen LogP contribution in [0.1, 0.15) is 39.7 Å². The van der Waals surface area contributed by atoms with Crippen molar-refractivity contribution in [1.29, 1.82) is 0 Å². The zero-order valence-electron chi connectivity index (χ0n) is 13.7. The fourth-order valence-corrected chi connectivity index (χ4v) is 4.02. The van der Waals surface area contributed by atoms with Crippen LogP contribution in [0.2, 0.25) is 0 Å². The molecule has 24 heavy (non-hydrogen) atoms. The van der Waals surface area contributed by atoms with Crippen molar-refractivity contribution in [2.45, 2.75) is 26.2 Å². The molecular formula is C18H19NO4S. The molecule has 3 rings (SSSR count). The van der Waals surface area contributed by atoms with Gasteiger partial charge in [0.1, 0.15) is 5.00 Å². The number of rotatable bonds is 5. The van der Waals surface area contributed by atoms with Gasteiger partial charge in [0, 0.05) is 11.1 Å². The molecule has 1 aliphatic rings. The lowest BCUT2D eigenvalue weighted by atomic mass is 10.1. The van der Waals surface area contributed by atoms with E-state index < -0.39 is 0 Å². The number of esters is 1. The van der Waals surface area contributed by atoms with Crippen LogP contribution in [0.15, 0.2) is 23.2 Å². The molecule has 1 N–H and O–H groups in total. The van der Waals surface area contributed by atoms with Crippen molar-refractivity contribution in [2.24, 2.45) is 4.99 Å². The molecule has 0 atom stereocenters. The molecule has 0 saturated heterocycles. The third kappa shape index (κ3) is 3.14. The number of carbonyl (C=O) groups excluding carboxylic acids is 1. The Hall–Kier alpha value is -2.34. The first-order chi connectivity index (χ1) is 11.6. The van der Waals surface area contributed by atoms with Crippen LogP contribution in [0.25, 0.3) is 0 Å². The molecule has 0 spiro atoms. The summed E-state index contributed by atoms with van der Waals surface area (Å²) in [5.74, 6) is 0.169. The van der Waals surface area contributed by atoms with E-state index in [2.05, 4.69) is 4.99 Å². The molecule has 0 saturated carbocycles. The van der Waals surface area contributed by atoms with Crippen LogP contribution in [0.5, 0.6) is 11.5 Å². The van der Waals surface area contributed by atoms with Crippen molar-refractivity contribution in [3.8, 4) is 11.5 Å². The molecule has 0 amide bonds.